The first-order valence-corrected chi connectivity index (χ1v) is 8.29. The molecule has 26 heavy (non-hydrogen) atoms. The highest BCUT2D eigenvalue weighted by Gasteiger charge is 2.21. The Bertz CT molecular complexity index is 935. The van der Waals surface area contributed by atoms with Gasteiger partial charge >= 0.3 is 6.09 Å². The summed E-state index contributed by atoms with van der Waals surface area (Å²) in [5, 5.41) is 10.9. The van der Waals surface area contributed by atoms with Crippen LogP contribution in [0.1, 0.15) is 11.3 Å². The molecule has 3 rings (SSSR count). The molecule has 1 aromatic heterocycles. The first-order chi connectivity index (χ1) is 12.6. The molecule has 8 heteroatoms. The number of hydrogen-bond acceptors (Lipinski definition) is 5. The molecule has 1 N–H and O–H groups in total. The van der Waals surface area contributed by atoms with Gasteiger partial charge in [0, 0.05) is 5.56 Å². The molecule has 0 aliphatic rings. The van der Waals surface area contributed by atoms with Crippen LogP contribution in [0.25, 0.3) is 11.3 Å². The molecule has 0 atom stereocenters. The van der Waals surface area contributed by atoms with Gasteiger partial charge in [0.25, 0.3) is 0 Å². The fourth-order valence-electron chi connectivity index (χ4n) is 2.21. The number of carbonyl (C=O) groups is 1. The summed E-state index contributed by atoms with van der Waals surface area (Å²) in [4.78, 5) is 16.8. The van der Waals surface area contributed by atoms with Crippen molar-refractivity contribution in [1.82, 2.24) is 5.16 Å². The zero-order valence-corrected chi connectivity index (χ0v) is 15.1. The first-order valence-electron chi connectivity index (χ1n) is 7.53. The summed E-state index contributed by atoms with van der Waals surface area (Å²) in [5.41, 5.74) is 1.86. The molecule has 0 saturated carbocycles. The van der Waals surface area contributed by atoms with Crippen molar-refractivity contribution in [3.63, 3.8) is 0 Å². The highest BCUT2D eigenvalue weighted by atomic mass is 35.5. The van der Waals surface area contributed by atoms with Crippen LogP contribution in [0.5, 0.6) is 0 Å². The summed E-state index contributed by atoms with van der Waals surface area (Å²) < 4.78 is 5.16. The van der Waals surface area contributed by atoms with E-state index in [4.69, 9.17) is 32.6 Å². The lowest BCUT2D eigenvalue weighted by atomic mass is 10.1. The van der Waals surface area contributed by atoms with Gasteiger partial charge in [0.15, 0.2) is 5.76 Å². The van der Waals surface area contributed by atoms with Crippen LogP contribution in [0, 0.1) is 6.92 Å². The number of nitrogens with zero attached hydrogens (tertiary/aromatic N) is 2. The molecule has 0 radical (unpaired) electrons. The van der Waals surface area contributed by atoms with Crippen LogP contribution in [-0.4, -0.2) is 17.5 Å². The fourth-order valence-corrected chi connectivity index (χ4v) is 2.79. The Hall–Kier alpha value is -2.83. The molecule has 0 spiro atoms. The molecule has 6 nitrogen and oxygen atoms in total. The van der Waals surface area contributed by atoms with E-state index in [1.807, 2.05) is 30.3 Å². The Kier molecular flexibility index (Phi) is 5.55. The van der Waals surface area contributed by atoms with E-state index < -0.39 is 6.09 Å². The van der Waals surface area contributed by atoms with Gasteiger partial charge in [-0.3, -0.25) is 10.2 Å². The van der Waals surface area contributed by atoms with E-state index in [0.717, 1.165) is 5.56 Å². The van der Waals surface area contributed by atoms with Gasteiger partial charge in [-0.1, -0.05) is 69.9 Å². The monoisotopic (exact) mass is 389 g/mol. The van der Waals surface area contributed by atoms with Crippen molar-refractivity contribution in [2.24, 2.45) is 5.16 Å². The first kappa shape index (κ1) is 18.0. The van der Waals surface area contributed by atoms with E-state index in [2.05, 4.69) is 15.6 Å². The van der Waals surface area contributed by atoms with Gasteiger partial charge in [-0.2, -0.15) is 0 Å². The number of benzene rings is 2. The molecule has 0 unspecified atom stereocenters. The number of aryl methyl sites for hydroxylation is 1. The van der Waals surface area contributed by atoms with Gasteiger partial charge in [-0.15, -0.1) is 0 Å². The Morgan fingerprint density at radius 3 is 2.54 bits per heavy atom. The minimum Gasteiger partial charge on any atom is -0.359 e. The summed E-state index contributed by atoms with van der Waals surface area (Å²) in [5.74, 6) is 0.375. The number of rotatable bonds is 4. The van der Waals surface area contributed by atoms with Crippen LogP contribution >= 0.6 is 23.2 Å². The maximum atomic E-state index is 12.0. The third kappa shape index (κ3) is 4.04. The average Bonchev–Trinajstić information content (AvgIpc) is 2.96. The van der Waals surface area contributed by atoms with Gasteiger partial charge in [-0.05, 0) is 24.6 Å². The van der Waals surface area contributed by atoms with Crippen LogP contribution in [-0.2, 0) is 4.84 Å². The SMILES string of the molecule is Cc1onc(-c2c(Cl)cccc2Cl)c1NC(=O)O/N=C/c1ccccc1. The Morgan fingerprint density at radius 2 is 1.85 bits per heavy atom. The van der Waals surface area contributed by atoms with Crippen molar-refractivity contribution in [2.45, 2.75) is 6.92 Å². The van der Waals surface area contributed by atoms with Crippen molar-refractivity contribution in [3.05, 3.63) is 69.9 Å². The molecule has 0 bridgehead atoms. The van der Waals surface area contributed by atoms with E-state index in [1.165, 1.54) is 6.21 Å². The quantitative estimate of drug-likeness (QED) is 0.361. The molecule has 1 amide bonds. The lowest BCUT2D eigenvalue weighted by Gasteiger charge is -2.07. The lowest BCUT2D eigenvalue weighted by molar-refractivity contribution is 0.167. The number of anilines is 1. The van der Waals surface area contributed by atoms with Crippen LogP contribution < -0.4 is 5.32 Å². The molecule has 1 heterocycles. The summed E-state index contributed by atoms with van der Waals surface area (Å²) >= 11 is 12.4. The van der Waals surface area contributed by atoms with Crippen LogP contribution in [0.2, 0.25) is 10.0 Å². The fraction of sp³-hybridized carbons (Fsp3) is 0.0556. The van der Waals surface area contributed by atoms with Gasteiger partial charge in [0.05, 0.1) is 16.3 Å². The third-order valence-electron chi connectivity index (χ3n) is 3.43. The van der Waals surface area contributed by atoms with Crippen molar-refractivity contribution < 1.29 is 14.2 Å². The zero-order valence-electron chi connectivity index (χ0n) is 13.6. The van der Waals surface area contributed by atoms with Gasteiger partial charge in [0.1, 0.15) is 11.4 Å². The number of aromatic nitrogens is 1. The second kappa shape index (κ2) is 8.03. The van der Waals surface area contributed by atoms with E-state index in [-0.39, 0.29) is 0 Å². The molecule has 0 aliphatic heterocycles. The largest absolute Gasteiger partial charge is 0.438 e. The maximum Gasteiger partial charge on any atom is 0.438 e. The zero-order chi connectivity index (χ0) is 18.5. The number of amides is 1. The highest BCUT2D eigenvalue weighted by molar-refractivity contribution is 6.39. The maximum absolute atomic E-state index is 12.0. The normalized spacial score (nSPS) is 10.9. The highest BCUT2D eigenvalue weighted by Crippen LogP contribution is 2.39. The minimum absolute atomic E-state index is 0.305. The van der Waals surface area contributed by atoms with Crippen molar-refractivity contribution in [3.8, 4) is 11.3 Å². The van der Waals surface area contributed by atoms with E-state index in [9.17, 15) is 4.79 Å². The number of carbonyl (C=O) groups excluding carboxylic acids is 1. The molecule has 3 aromatic rings. The molecular formula is C18H13Cl2N3O3. The average molecular weight is 390 g/mol. The van der Waals surface area contributed by atoms with Crippen LogP contribution in [0.4, 0.5) is 10.5 Å². The van der Waals surface area contributed by atoms with Crippen LogP contribution in [0.15, 0.2) is 58.2 Å². The summed E-state index contributed by atoms with van der Waals surface area (Å²) in [6.45, 7) is 1.64. The topological polar surface area (TPSA) is 76.7 Å². The predicted molar refractivity (Wildman–Crippen MR) is 101 cm³/mol. The molecule has 0 aliphatic carbocycles. The lowest BCUT2D eigenvalue weighted by Crippen LogP contribution is -2.12. The van der Waals surface area contributed by atoms with E-state index in [1.54, 1.807) is 25.1 Å². The number of hydrogen-bond donors (Lipinski definition) is 1. The summed E-state index contributed by atoms with van der Waals surface area (Å²) in [6, 6.07) is 14.3. The number of halogens is 2. The van der Waals surface area contributed by atoms with Crippen LogP contribution in [0.3, 0.4) is 0 Å². The summed E-state index contributed by atoms with van der Waals surface area (Å²) in [6.07, 6.45) is 0.624. The van der Waals surface area contributed by atoms with Gasteiger partial charge < -0.3 is 4.52 Å². The summed E-state index contributed by atoms with van der Waals surface area (Å²) in [7, 11) is 0. The molecular weight excluding hydrogens is 377 g/mol. The van der Waals surface area contributed by atoms with Crippen molar-refractivity contribution in [1.29, 1.82) is 0 Å². The molecule has 0 fully saturated rings. The molecule has 2 aromatic carbocycles. The second-order valence-electron chi connectivity index (χ2n) is 5.21. The van der Waals surface area contributed by atoms with E-state index >= 15 is 0 Å². The Morgan fingerprint density at radius 1 is 1.15 bits per heavy atom. The Balaban J connectivity index is 1.77. The molecule has 0 saturated heterocycles. The predicted octanol–water partition coefficient (Wildman–Crippen LogP) is 5.54. The Labute approximate surface area is 159 Å². The molecule has 132 valence electrons. The standard InChI is InChI=1S/C18H13Cl2N3O3/c1-11-16(17(23-25-11)15-13(19)8-5-9-14(15)20)22-18(24)26-21-10-12-6-3-2-4-7-12/h2-10H,1H3,(H,22,24)/b21-10+. The minimum atomic E-state index is -0.798. The third-order valence-corrected chi connectivity index (χ3v) is 4.06. The number of nitrogens with one attached hydrogen (secondary N) is 1. The van der Waals surface area contributed by atoms with Gasteiger partial charge in [-0.25, -0.2) is 4.79 Å². The van der Waals surface area contributed by atoms with E-state index in [0.29, 0.717) is 32.8 Å². The number of oxime groups is 1. The van der Waals surface area contributed by atoms with Gasteiger partial charge in [0.2, 0.25) is 0 Å². The van der Waals surface area contributed by atoms with Crippen molar-refractivity contribution >= 4 is 41.2 Å². The van der Waals surface area contributed by atoms with Crippen molar-refractivity contribution in [2.75, 3.05) is 5.32 Å². The second-order valence-corrected chi connectivity index (χ2v) is 6.02. The smallest absolute Gasteiger partial charge is 0.359 e.